The lowest BCUT2D eigenvalue weighted by molar-refractivity contribution is -0.318. The number of rotatable bonds is 7. The molecule has 2 fully saturated rings. The van der Waals surface area contributed by atoms with Crippen molar-refractivity contribution in [3.8, 4) is 34.3 Å². The summed E-state index contributed by atoms with van der Waals surface area (Å²) in [5.41, 5.74) is -0.381. The van der Waals surface area contributed by atoms with Gasteiger partial charge in [-0.15, -0.1) is 0 Å². The molecule has 0 radical (unpaired) electrons. The van der Waals surface area contributed by atoms with Crippen molar-refractivity contribution >= 4 is 11.0 Å². The lowest BCUT2D eigenvalue weighted by Crippen LogP contribution is -2.61. The van der Waals surface area contributed by atoms with Gasteiger partial charge in [-0.1, -0.05) is 0 Å². The van der Waals surface area contributed by atoms with Crippen LogP contribution in [0.25, 0.3) is 22.3 Å². The Bertz CT molecular complexity index is 1510. The Hall–Kier alpha value is -3.51. The van der Waals surface area contributed by atoms with E-state index >= 15 is 0 Å². The van der Waals surface area contributed by atoms with E-state index in [0.29, 0.717) is 5.56 Å². The molecule has 2 saturated heterocycles. The third-order valence-corrected chi connectivity index (χ3v) is 7.40. The fourth-order valence-electron chi connectivity index (χ4n) is 4.92. The molecule has 0 aliphatic carbocycles. The van der Waals surface area contributed by atoms with Crippen LogP contribution in [-0.4, -0.2) is 116 Å². The van der Waals surface area contributed by atoms with Crippen LogP contribution in [-0.2, 0) is 14.2 Å². The highest BCUT2D eigenvalue weighted by Gasteiger charge is 2.47. The van der Waals surface area contributed by atoms with Gasteiger partial charge in [0.15, 0.2) is 23.2 Å². The van der Waals surface area contributed by atoms with Crippen molar-refractivity contribution in [3.05, 3.63) is 46.6 Å². The monoisotopic (exact) mass is 608 g/mol. The van der Waals surface area contributed by atoms with Crippen molar-refractivity contribution in [2.75, 3.05) is 13.7 Å². The van der Waals surface area contributed by atoms with Crippen molar-refractivity contribution in [1.29, 1.82) is 0 Å². The second-order valence-corrected chi connectivity index (χ2v) is 10.3. The highest BCUT2D eigenvalue weighted by atomic mass is 16.7. The van der Waals surface area contributed by atoms with E-state index in [2.05, 4.69) is 0 Å². The van der Waals surface area contributed by atoms with E-state index in [-0.39, 0.29) is 34.0 Å². The quantitative estimate of drug-likeness (QED) is 0.159. The van der Waals surface area contributed by atoms with Crippen LogP contribution in [0.2, 0.25) is 0 Å². The number of phenols is 2. The third-order valence-electron chi connectivity index (χ3n) is 7.40. The molecule has 0 spiro atoms. The number of ether oxygens (including phenoxy) is 5. The van der Waals surface area contributed by atoms with E-state index in [1.807, 2.05) is 0 Å². The predicted molar refractivity (Wildman–Crippen MR) is 143 cm³/mol. The van der Waals surface area contributed by atoms with Gasteiger partial charge in [0.1, 0.15) is 71.0 Å². The molecular weight excluding hydrogens is 576 g/mol. The van der Waals surface area contributed by atoms with Crippen LogP contribution in [0.5, 0.6) is 23.0 Å². The van der Waals surface area contributed by atoms with Crippen LogP contribution in [0.1, 0.15) is 6.92 Å². The van der Waals surface area contributed by atoms with E-state index in [4.69, 9.17) is 28.1 Å². The van der Waals surface area contributed by atoms with E-state index in [0.717, 1.165) is 12.1 Å². The van der Waals surface area contributed by atoms with E-state index in [9.17, 15) is 45.6 Å². The van der Waals surface area contributed by atoms with Crippen LogP contribution in [0.15, 0.2) is 45.6 Å². The number of phenolic OH excluding ortho intramolecular Hbond substituents is 2. The van der Waals surface area contributed by atoms with Gasteiger partial charge in [-0.3, -0.25) is 4.79 Å². The first-order chi connectivity index (χ1) is 20.4. The fraction of sp³-hybridized carbons (Fsp3) is 0.464. The van der Waals surface area contributed by atoms with Crippen molar-refractivity contribution in [2.24, 2.45) is 0 Å². The fourth-order valence-corrected chi connectivity index (χ4v) is 4.92. The molecule has 234 valence electrons. The minimum atomic E-state index is -1.78. The number of aliphatic hydroxyl groups excluding tert-OH is 6. The molecular formula is C28H32O15. The maximum absolute atomic E-state index is 12.8. The molecule has 8 N–H and O–H groups in total. The van der Waals surface area contributed by atoms with Crippen LogP contribution in [0.3, 0.4) is 0 Å². The Morgan fingerprint density at radius 1 is 0.791 bits per heavy atom. The zero-order valence-corrected chi connectivity index (χ0v) is 22.9. The maximum Gasteiger partial charge on any atom is 0.229 e. The Kier molecular flexibility index (Phi) is 8.80. The second kappa shape index (κ2) is 12.2. The van der Waals surface area contributed by atoms with Gasteiger partial charge >= 0.3 is 0 Å². The van der Waals surface area contributed by atoms with Crippen molar-refractivity contribution in [1.82, 2.24) is 0 Å². The average molecular weight is 609 g/mol. The number of aromatic hydroxyl groups is 2. The Morgan fingerprint density at radius 2 is 1.49 bits per heavy atom. The summed E-state index contributed by atoms with van der Waals surface area (Å²) in [6.45, 7) is 0.953. The summed E-state index contributed by atoms with van der Waals surface area (Å²) in [5.74, 6) is -0.605. The van der Waals surface area contributed by atoms with Gasteiger partial charge in [-0.25, -0.2) is 0 Å². The topological polar surface area (TPSA) is 238 Å². The Morgan fingerprint density at radius 3 is 2.19 bits per heavy atom. The first kappa shape index (κ1) is 30.9. The summed E-state index contributed by atoms with van der Waals surface area (Å²) in [6.07, 6.45) is -15.0. The number of aliphatic hydroxyl groups is 6. The van der Waals surface area contributed by atoms with Crippen LogP contribution >= 0.6 is 0 Å². The molecule has 0 bridgehead atoms. The molecule has 2 aliphatic heterocycles. The number of fused-ring (bicyclic) bond motifs is 1. The minimum Gasteiger partial charge on any atom is -0.507 e. The molecule has 5 rings (SSSR count). The SMILES string of the molecule is COc1ccc(-c2cc(=O)c3c(O)cc(O[C@@H]4O[C@H](CO[C@H]5O[C@H](C)[C@H](O)[C@H](O)[C@@H]5O)[C@@H](O)[C@@H](O)[C@@H]4O)cc3o2)cc1O. The summed E-state index contributed by atoms with van der Waals surface area (Å²) < 4.78 is 32.9. The van der Waals surface area contributed by atoms with Crippen molar-refractivity contribution in [2.45, 2.75) is 68.3 Å². The number of methoxy groups -OCH3 is 1. The van der Waals surface area contributed by atoms with Crippen LogP contribution in [0, 0.1) is 0 Å². The molecule has 10 atom stereocenters. The summed E-state index contributed by atoms with van der Waals surface area (Å²) in [6, 6.07) is 7.78. The molecule has 0 saturated carbocycles. The summed E-state index contributed by atoms with van der Waals surface area (Å²) >= 11 is 0. The number of hydrogen-bond acceptors (Lipinski definition) is 15. The molecule has 43 heavy (non-hydrogen) atoms. The average Bonchev–Trinajstić information content (AvgIpc) is 2.97. The molecule has 1 aromatic heterocycles. The highest BCUT2D eigenvalue weighted by molar-refractivity contribution is 5.86. The van der Waals surface area contributed by atoms with Crippen molar-refractivity contribution in [3.63, 3.8) is 0 Å². The smallest absolute Gasteiger partial charge is 0.229 e. The predicted octanol–water partition coefficient (Wildman–Crippen LogP) is -1.09. The van der Waals surface area contributed by atoms with Crippen molar-refractivity contribution < 1.29 is 69.0 Å². The lowest BCUT2D eigenvalue weighted by atomic mass is 9.98. The second-order valence-electron chi connectivity index (χ2n) is 10.3. The third kappa shape index (κ3) is 5.99. The summed E-state index contributed by atoms with van der Waals surface area (Å²) in [7, 11) is 1.38. The van der Waals surface area contributed by atoms with Gasteiger partial charge in [-0.05, 0) is 25.1 Å². The van der Waals surface area contributed by atoms with E-state index < -0.39 is 79.2 Å². The standard InChI is InChI=1S/C28H32O15/c1-10-21(32)23(34)25(36)27(40-10)39-9-19-22(33)24(35)26(37)28(43-19)41-12-6-14(30)20-15(31)8-17(42-18(20)7-12)11-3-4-16(38-2)13(29)5-11/h3-8,10,19,21-30,32-37H,9H2,1-2H3/t10-,19-,21+,22-,23+,24-,25+,26+,27+,28-/m1/s1. The number of hydrogen-bond donors (Lipinski definition) is 8. The molecule has 2 aromatic carbocycles. The molecule has 3 heterocycles. The Balaban J connectivity index is 1.36. The van der Waals surface area contributed by atoms with Gasteiger partial charge < -0.3 is 69.0 Å². The summed E-state index contributed by atoms with van der Waals surface area (Å²) in [4.78, 5) is 12.8. The van der Waals surface area contributed by atoms with Gasteiger partial charge in [0.25, 0.3) is 0 Å². The molecule has 0 amide bonds. The maximum atomic E-state index is 12.8. The molecule has 2 aliphatic rings. The molecule has 0 unspecified atom stereocenters. The van der Waals surface area contributed by atoms with Gasteiger partial charge in [0.05, 0.1) is 19.8 Å². The van der Waals surface area contributed by atoms with Gasteiger partial charge in [0, 0.05) is 23.8 Å². The normalized spacial score (nSPS) is 32.9. The van der Waals surface area contributed by atoms with Gasteiger partial charge in [-0.2, -0.15) is 0 Å². The Labute approximate surface area is 243 Å². The first-order valence-electron chi connectivity index (χ1n) is 13.3. The molecule has 3 aromatic rings. The molecule has 15 heteroatoms. The van der Waals surface area contributed by atoms with Crippen LogP contribution < -0.4 is 14.9 Å². The molecule has 15 nitrogen and oxygen atoms in total. The van der Waals surface area contributed by atoms with Gasteiger partial charge in [0.2, 0.25) is 6.29 Å². The zero-order chi connectivity index (χ0) is 31.2. The lowest BCUT2D eigenvalue weighted by Gasteiger charge is -2.42. The summed E-state index contributed by atoms with van der Waals surface area (Å²) in [5, 5.41) is 82.0. The minimum absolute atomic E-state index is 0.0517. The van der Waals surface area contributed by atoms with E-state index in [1.54, 1.807) is 6.07 Å². The largest absolute Gasteiger partial charge is 0.507 e. The number of benzene rings is 2. The van der Waals surface area contributed by atoms with Crippen LogP contribution in [0.4, 0.5) is 0 Å². The zero-order valence-electron chi connectivity index (χ0n) is 22.9. The first-order valence-corrected chi connectivity index (χ1v) is 13.3. The van der Waals surface area contributed by atoms with E-state index in [1.165, 1.54) is 32.2 Å². The highest BCUT2D eigenvalue weighted by Crippen LogP contribution is 2.35.